The molecule has 0 aromatic carbocycles. The molecule has 0 unspecified atom stereocenters. The Morgan fingerprint density at radius 3 is 2.50 bits per heavy atom. The molecule has 0 spiro atoms. The maximum Gasteiger partial charge on any atom is 0.0300 e. The van der Waals surface area contributed by atoms with E-state index in [9.17, 15) is 0 Å². The number of hydrogen-bond acceptors (Lipinski definition) is 2. The van der Waals surface area contributed by atoms with Gasteiger partial charge in [0.15, 0.2) is 0 Å². The smallest absolute Gasteiger partial charge is 0.0300 e. The van der Waals surface area contributed by atoms with Crippen molar-refractivity contribution in [2.75, 3.05) is 6.54 Å². The van der Waals surface area contributed by atoms with E-state index in [1.807, 2.05) is 11.3 Å². The molecule has 16 heavy (non-hydrogen) atoms. The van der Waals surface area contributed by atoms with Gasteiger partial charge in [0.05, 0.1) is 0 Å². The molecule has 1 aromatic rings. The lowest BCUT2D eigenvalue weighted by Gasteiger charge is -2.41. The van der Waals surface area contributed by atoms with Gasteiger partial charge < -0.3 is 5.32 Å². The summed E-state index contributed by atoms with van der Waals surface area (Å²) in [7, 11) is 0. The van der Waals surface area contributed by atoms with E-state index in [2.05, 4.69) is 31.3 Å². The summed E-state index contributed by atoms with van der Waals surface area (Å²) in [5.41, 5.74) is 0.644. The zero-order chi connectivity index (χ0) is 11.4. The third-order valence-electron chi connectivity index (χ3n) is 4.03. The lowest BCUT2D eigenvalue weighted by Crippen LogP contribution is -2.39. The summed E-state index contributed by atoms with van der Waals surface area (Å²) in [5.74, 6) is 0. The molecule has 2 rings (SSSR count). The second kappa shape index (κ2) is 5.33. The standard InChI is InChI=1S/C14H23NS/c1-3-12-6-7-13(16-12)10-15-11-14(4-2)8-5-9-14/h6-7,15H,3-5,8-11H2,1-2H3. The van der Waals surface area contributed by atoms with Gasteiger partial charge >= 0.3 is 0 Å². The molecular formula is C14H23NS. The van der Waals surface area contributed by atoms with Crippen molar-refractivity contribution in [3.63, 3.8) is 0 Å². The highest BCUT2D eigenvalue weighted by molar-refractivity contribution is 7.11. The molecule has 1 nitrogen and oxygen atoms in total. The molecule has 1 aliphatic rings. The van der Waals surface area contributed by atoms with E-state index >= 15 is 0 Å². The molecule has 0 aliphatic heterocycles. The highest BCUT2D eigenvalue weighted by Crippen LogP contribution is 2.43. The first-order valence-electron chi connectivity index (χ1n) is 6.56. The van der Waals surface area contributed by atoms with Gasteiger partial charge in [0.1, 0.15) is 0 Å². The van der Waals surface area contributed by atoms with Crippen LogP contribution in [0.4, 0.5) is 0 Å². The summed E-state index contributed by atoms with van der Waals surface area (Å²) >= 11 is 1.95. The molecule has 1 N–H and O–H groups in total. The fourth-order valence-electron chi connectivity index (χ4n) is 2.49. The highest BCUT2D eigenvalue weighted by atomic mass is 32.1. The van der Waals surface area contributed by atoms with E-state index in [4.69, 9.17) is 0 Å². The maximum atomic E-state index is 3.64. The molecule has 0 bridgehead atoms. The predicted molar refractivity (Wildman–Crippen MR) is 72.0 cm³/mol. The van der Waals surface area contributed by atoms with E-state index in [-0.39, 0.29) is 0 Å². The predicted octanol–water partition coefficient (Wildman–Crippen LogP) is 3.98. The van der Waals surface area contributed by atoms with Crippen LogP contribution in [0.25, 0.3) is 0 Å². The molecule has 0 saturated heterocycles. The van der Waals surface area contributed by atoms with Crippen LogP contribution >= 0.6 is 11.3 Å². The lowest BCUT2D eigenvalue weighted by atomic mass is 9.67. The van der Waals surface area contributed by atoms with Gasteiger partial charge in [0.25, 0.3) is 0 Å². The van der Waals surface area contributed by atoms with Crippen molar-refractivity contribution < 1.29 is 0 Å². The van der Waals surface area contributed by atoms with Crippen molar-refractivity contribution in [1.82, 2.24) is 5.32 Å². The fourth-order valence-corrected chi connectivity index (χ4v) is 3.42. The van der Waals surface area contributed by atoms with Crippen LogP contribution in [0.15, 0.2) is 12.1 Å². The Hall–Kier alpha value is -0.340. The van der Waals surface area contributed by atoms with Crippen LogP contribution in [-0.4, -0.2) is 6.54 Å². The normalized spacial score (nSPS) is 18.4. The Morgan fingerprint density at radius 1 is 1.25 bits per heavy atom. The van der Waals surface area contributed by atoms with Crippen LogP contribution in [-0.2, 0) is 13.0 Å². The van der Waals surface area contributed by atoms with Crippen LogP contribution in [0.3, 0.4) is 0 Å². The van der Waals surface area contributed by atoms with Crippen LogP contribution in [0.1, 0.15) is 49.3 Å². The summed E-state index contributed by atoms with van der Waals surface area (Å²) in [4.78, 5) is 2.99. The van der Waals surface area contributed by atoms with Crippen molar-refractivity contribution in [3.8, 4) is 0 Å². The Balaban J connectivity index is 1.75. The molecule has 1 aromatic heterocycles. The lowest BCUT2D eigenvalue weighted by molar-refractivity contribution is 0.124. The summed E-state index contributed by atoms with van der Waals surface area (Å²) in [6.07, 6.45) is 6.81. The van der Waals surface area contributed by atoms with Crippen molar-refractivity contribution >= 4 is 11.3 Å². The molecule has 90 valence electrons. The van der Waals surface area contributed by atoms with Gasteiger partial charge in [-0.2, -0.15) is 0 Å². The minimum Gasteiger partial charge on any atom is -0.311 e. The first kappa shape index (κ1) is 12.1. The SMILES string of the molecule is CCc1ccc(CNCC2(CC)CCC2)s1. The molecular weight excluding hydrogens is 214 g/mol. The molecule has 0 radical (unpaired) electrons. The van der Waals surface area contributed by atoms with Crippen molar-refractivity contribution in [1.29, 1.82) is 0 Å². The Bertz CT molecular complexity index is 320. The minimum absolute atomic E-state index is 0.644. The molecule has 1 aliphatic carbocycles. The van der Waals surface area contributed by atoms with E-state index in [1.165, 1.54) is 48.4 Å². The van der Waals surface area contributed by atoms with Crippen molar-refractivity contribution in [3.05, 3.63) is 21.9 Å². The Morgan fingerprint density at radius 2 is 2.00 bits per heavy atom. The van der Waals surface area contributed by atoms with Crippen LogP contribution in [0.2, 0.25) is 0 Å². The minimum atomic E-state index is 0.644. The van der Waals surface area contributed by atoms with E-state index in [0.29, 0.717) is 5.41 Å². The van der Waals surface area contributed by atoms with Gasteiger partial charge in [-0.15, -0.1) is 11.3 Å². The summed E-state index contributed by atoms with van der Waals surface area (Å²) in [6, 6.07) is 4.54. The van der Waals surface area contributed by atoms with Crippen molar-refractivity contribution in [2.24, 2.45) is 5.41 Å². The molecule has 0 atom stereocenters. The third kappa shape index (κ3) is 2.67. The number of aryl methyl sites for hydroxylation is 1. The van der Waals surface area contributed by atoms with Gasteiger partial charge in [-0.3, -0.25) is 0 Å². The molecule has 1 heterocycles. The maximum absolute atomic E-state index is 3.64. The van der Waals surface area contributed by atoms with Crippen LogP contribution in [0.5, 0.6) is 0 Å². The average molecular weight is 237 g/mol. The monoisotopic (exact) mass is 237 g/mol. The summed E-state index contributed by atoms with van der Waals surface area (Å²) in [5, 5.41) is 3.64. The van der Waals surface area contributed by atoms with E-state index in [0.717, 1.165) is 6.54 Å². The van der Waals surface area contributed by atoms with Gasteiger partial charge in [-0.25, -0.2) is 0 Å². The Labute approximate surface area is 103 Å². The second-order valence-electron chi connectivity index (χ2n) is 5.03. The average Bonchev–Trinajstić information content (AvgIpc) is 2.70. The first-order chi connectivity index (χ1) is 7.78. The first-order valence-corrected chi connectivity index (χ1v) is 7.38. The fraction of sp³-hybridized carbons (Fsp3) is 0.714. The van der Waals surface area contributed by atoms with E-state index in [1.54, 1.807) is 0 Å². The number of rotatable bonds is 6. The van der Waals surface area contributed by atoms with Crippen molar-refractivity contribution in [2.45, 2.75) is 52.5 Å². The van der Waals surface area contributed by atoms with Gasteiger partial charge in [0, 0.05) is 22.8 Å². The zero-order valence-corrected chi connectivity index (χ0v) is 11.3. The van der Waals surface area contributed by atoms with Gasteiger partial charge in [-0.05, 0) is 43.2 Å². The van der Waals surface area contributed by atoms with Gasteiger partial charge in [-0.1, -0.05) is 20.3 Å². The quantitative estimate of drug-likeness (QED) is 0.789. The van der Waals surface area contributed by atoms with Crippen LogP contribution in [0, 0.1) is 5.41 Å². The van der Waals surface area contributed by atoms with Crippen LogP contribution < -0.4 is 5.32 Å². The number of hydrogen-bond donors (Lipinski definition) is 1. The largest absolute Gasteiger partial charge is 0.311 e. The highest BCUT2D eigenvalue weighted by Gasteiger charge is 2.34. The van der Waals surface area contributed by atoms with Gasteiger partial charge in [0.2, 0.25) is 0 Å². The summed E-state index contributed by atoms with van der Waals surface area (Å²) < 4.78 is 0. The Kier molecular flexibility index (Phi) is 4.04. The number of nitrogens with one attached hydrogen (secondary N) is 1. The zero-order valence-electron chi connectivity index (χ0n) is 10.5. The molecule has 1 saturated carbocycles. The number of thiophene rings is 1. The topological polar surface area (TPSA) is 12.0 Å². The van der Waals surface area contributed by atoms with E-state index < -0.39 is 0 Å². The molecule has 2 heteroatoms. The second-order valence-corrected chi connectivity index (χ2v) is 6.29. The molecule has 1 fully saturated rings. The summed E-state index contributed by atoms with van der Waals surface area (Å²) in [6.45, 7) is 6.83. The molecule has 0 amide bonds. The third-order valence-corrected chi connectivity index (χ3v) is 5.26.